The number of aliphatic hydroxyl groups excluding tert-OH is 1. The van der Waals surface area contributed by atoms with Crippen LogP contribution in [0.3, 0.4) is 0 Å². The van der Waals surface area contributed by atoms with Gasteiger partial charge in [-0.3, -0.25) is 4.79 Å². The molecule has 0 heterocycles. The van der Waals surface area contributed by atoms with Crippen molar-refractivity contribution in [3.8, 4) is 0 Å². The first-order valence-electron chi connectivity index (χ1n) is 8.86. The van der Waals surface area contributed by atoms with Gasteiger partial charge in [-0.1, -0.05) is 26.0 Å². The van der Waals surface area contributed by atoms with Gasteiger partial charge in [0.2, 0.25) is 0 Å². The highest BCUT2D eigenvalue weighted by atomic mass is 16.8. The number of amides is 1. The van der Waals surface area contributed by atoms with Crippen LogP contribution in [0.5, 0.6) is 0 Å². The number of fused-ring (bicyclic) bond motifs is 1. The van der Waals surface area contributed by atoms with Crippen molar-refractivity contribution in [1.82, 2.24) is 5.06 Å². The average Bonchev–Trinajstić information content (AvgIpc) is 3.31. The molecular weight excluding hydrogens is 310 g/mol. The van der Waals surface area contributed by atoms with Crippen molar-refractivity contribution >= 4 is 12.1 Å². The van der Waals surface area contributed by atoms with Gasteiger partial charge >= 0.3 is 6.16 Å². The molecule has 0 saturated heterocycles. The molecule has 140 valence electrons. The van der Waals surface area contributed by atoms with Crippen LogP contribution in [0.15, 0.2) is 12.2 Å². The van der Waals surface area contributed by atoms with E-state index in [9.17, 15) is 9.59 Å². The van der Waals surface area contributed by atoms with Crippen LogP contribution in [-0.2, 0) is 14.4 Å². The van der Waals surface area contributed by atoms with E-state index in [2.05, 4.69) is 21.7 Å². The Morgan fingerprint density at radius 3 is 2.17 bits per heavy atom. The van der Waals surface area contributed by atoms with E-state index >= 15 is 0 Å². The topological polar surface area (TPSA) is 76.1 Å². The maximum absolute atomic E-state index is 11.0. The Morgan fingerprint density at radius 1 is 1.17 bits per heavy atom. The van der Waals surface area contributed by atoms with E-state index in [0.29, 0.717) is 6.42 Å². The van der Waals surface area contributed by atoms with Crippen molar-refractivity contribution in [2.45, 2.75) is 58.8 Å². The number of methoxy groups -OCH3 is 1. The van der Waals surface area contributed by atoms with Gasteiger partial charge in [-0.25, -0.2) is 4.79 Å². The smallest absolute Gasteiger partial charge is 0.436 e. The fraction of sp³-hybridized carbons (Fsp3) is 0.778. The largest absolute Gasteiger partial charge is 0.533 e. The van der Waals surface area contributed by atoms with E-state index in [1.807, 2.05) is 13.8 Å². The van der Waals surface area contributed by atoms with Crippen LogP contribution in [-0.4, -0.2) is 43.0 Å². The zero-order valence-corrected chi connectivity index (χ0v) is 15.5. The van der Waals surface area contributed by atoms with Gasteiger partial charge in [-0.05, 0) is 50.4 Å². The minimum atomic E-state index is -0.945. The summed E-state index contributed by atoms with van der Waals surface area (Å²) in [7, 11) is 2.45. The highest BCUT2D eigenvalue weighted by Crippen LogP contribution is 2.46. The highest BCUT2D eigenvalue weighted by molar-refractivity contribution is 5.76. The van der Waals surface area contributed by atoms with Crippen LogP contribution < -0.4 is 0 Å². The molecule has 0 aromatic rings. The molecule has 0 aliphatic heterocycles. The Bertz CT molecular complexity index is 370. The van der Waals surface area contributed by atoms with Gasteiger partial charge in [-0.15, -0.1) is 0 Å². The normalized spacial score (nSPS) is 21.9. The first-order chi connectivity index (χ1) is 11.6. The summed E-state index contributed by atoms with van der Waals surface area (Å²) in [4.78, 5) is 25.9. The molecular formula is C18H33NO5. The molecule has 24 heavy (non-hydrogen) atoms. The third-order valence-electron chi connectivity index (χ3n) is 3.92. The predicted octanol–water partition coefficient (Wildman–Crippen LogP) is 3.69. The summed E-state index contributed by atoms with van der Waals surface area (Å²) in [5.74, 6) is 1.88. The minimum Gasteiger partial charge on any atom is -0.436 e. The van der Waals surface area contributed by atoms with Gasteiger partial charge in [0.1, 0.15) is 0 Å². The number of nitrogens with zero attached hydrogens (tertiary/aromatic N) is 1. The number of rotatable bonds is 3. The maximum atomic E-state index is 11.0. The first-order valence-corrected chi connectivity index (χ1v) is 8.86. The van der Waals surface area contributed by atoms with E-state index in [4.69, 9.17) is 5.11 Å². The number of hydrogen-bond donors (Lipinski definition) is 1. The van der Waals surface area contributed by atoms with Crippen LogP contribution in [0, 0.1) is 11.8 Å². The molecule has 0 bridgehead atoms. The molecule has 2 rings (SSSR count). The summed E-state index contributed by atoms with van der Waals surface area (Å²) in [5.41, 5.74) is 0. The number of hydrogen-bond acceptors (Lipinski definition) is 5. The summed E-state index contributed by atoms with van der Waals surface area (Å²) < 4.78 is 4.17. The lowest BCUT2D eigenvalue weighted by Gasteiger charge is -2.14. The van der Waals surface area contributed by atoms with Crippen LogP contribution in [0.1, 0.15) is 58.8 Å². The third-order valence-corrected chi connectivity index (χ3v) is 3.92. The van der Waals surface area contributed by atoms with E-state index in [1.54, 1.807) is 6.42 Å². The molecule has 1 fully saturated rings. The second kappa shape index (κ2) is 13.8. The number of carbonyl (C=O) groups is 2. The predicted molar refractivity (Wildman–Crippen MR) is 93.1 cm³/mol. The van der Waals surface area contributed by atoms with Gasteiger partial charge in [0.15, 0.2) is 0 Å². The van der Waals surface area contributed by atoms with Crippen LogP contribution >= 0.6 is 0 Å². The molecule has 2 aliphatic carbocycles. The zero-order valence-electron chi connectivity index (χ0n) is 15.5. The van der Waals surface area contributed by atoms with Crippen molar-refractivity contribution in [1.29, 1.82) is 0 Å². The number of hydroxylamine groups is 2. The fourth-order valence-corrected chi connectivity index (χ4v) is 2.46. The summed E-state index contributed by atoms with van der Waals surface area (Å²) in [6.07, 6.45) is 11.4. The molecule has 6 nitrogen and oxygen atoms in total. The number of ether oxygens (including phenoxy) is 1. The van der Waals surface area contributed by atoms with Crippen molar-refractivity contribution in [2.24, 2.45) is 11.8 Å². The van der Waals surface area contributed by atoms with Gasteiger partial charge < -0.3 is 14.7 Å². The van der Waals surface area contributed by atoms with Crippen molar-refractivity contribution in [2.75, 3.05) is 20.8 Å². The lowest BCUT2D eigenvalue weighted by Crippen LogP contribution is -2.29. The monoisotopic (exact) mass is 343 g/mol. The molecule has 0 spiro atoms. The van der Waals surface area contributed by atoms with E-state index in [0.717, 1.165) is 24.0 Å². The molecule has 2 atom stereocenters. The lowest BCUT2D eigenvalue weighted by molar-refractivity contribution is -0.165. The molecule has 2 aliphatic rings. The summed E-state index contributed by atoms with van der Waals surface area (Å²) in [6.45, 7) is 3.93. The molecule has 1 amide bonds. The Labute approximate surface area is 145 Å². The molecule has 0 aromatic heterocycles. The minimum absolute atomic E-state index is 0.0716. The lowest BCUT2D eigenvalue weighted by atomic mass is 10.1. The van der Waals surface area contributed by atoms with Crippen LogP contribution in [0.4, 0.5) is 4.79 Å². The number of allylic oxidation sites excluding steroid dienone is 2. The molecule has 1 N–H and O–H groups in total. The Hall–Kier alpha value is -1.56. The zero-order chi connectivity index (χ0) is 18.4. The maximum Gasteiger partial charge on any atom is 0.533 e. The van der Waals surface area contributed by atoms with Crippen molar-refractivity contribution in [3.05, 3.63) is 12.2 Å². The quantitative estimate of drug-likeness (QED) is 0.480. The Balaban J connectivity index is 0.000000415. The molecule has 2 unspecified atom stereocenters. The second-order valence-corrected chi connectivity index (χ2v) is 5.65. The molecule has 6 heteroatoms. The first kappa shape index (κ1) is 22.4. The number of carbonyl (C=O) groups excluding carboxylic acids is 2. The van der Waals surface area contributed by atoms with E-state index in [-0.39, 0.29) is 18.9 Å². The third kappa shape index (κ3) is 10.3. The van der Waals surface area contributed by atoms with Gasteiger partial charge in [0.25, 0.3) is 5.91 Å². The average molecular weight is 343 g/mol. The van der Waals surface area contributed by atoms with Gasteiger partial charge in [0.05, 0.1) is 7.11 Å². The SMILES string of the molecule is C1=C\CCC2CC2CC/1.CC.COC(=O)ON(C)C(=O)CCCO. The second-order valence-electron chi connectivity index (χ2n) is 5.65. The van der Waals surface area contributed by atoms with Gasteiger partial charge in [-0.2, -0.15) is 5.06 Å². The van der Waals surface area contributed by atoms with Crippen molar-refractivity contribution in [3.63, 3.8) is 0 Å². The van der Waals surface area contributed by atoms with E-state index in [1.165, 1.54) is 32.7 Å². The van der Waals surface area contributed by atoms with Gasteiger partial charge in [0, 0.05) is 20.1 Å². The fourth-order valence-electron chi connectivity index (χ4n) is 2.46. The van der Waals surface area contributed by atoms with E-state index < -0.39 is 6.16 Å². The summed E-state index contributed by atoms with van der Waals surface area (Å²) in [5, 5.41) is 9.20. The molecule has 1 saturated carbocycles. The van der Waals surface area contributed by atoms with Crippen LogP contribution in [0.2, 0.25) is 0 Å². The standard InChI is InChI=1S/C9H14.C7H13NO5.C2H6/c1-2-4-6-9-7-8(9)5-3-1;1-8(13-7(11)12-2)6(10)4-3-5-9;1-2/h1-2,8-9H,3-7H2;9H,3-5H2,1-2H3;1-2H3/b2-1-;;. The number of aliphatic hydroxyl groups is 1. The van der Waals surface area contributed by atoms with Crippen molar-refractivity contribution < 1.29 is 24.3 Å². The summed E-state index contributed by atoms with van der Waals surface area (Å²) in [6, 6.07) is 0. The Kier molecular flexibility index (Phi) is 12.9. The summed E-state index contributed by atoms with van der Waals surface area (Å²) >= 11 is 0. The molecule has 0 radical (unpaired) electrons. The Morgan fingerprint density at radius 2 is 1.71 bits per heavy atom. The van der Waals surface area contributed by atoms with Crippen LogP contribution in [0.25, 0.3) is 0 Å². The highest BCUT2D eigenvalue weighted by Gasteiger charge is 2.35. The molecule has 0 aromatic carbocycles.